The lowest BCUT2D eigenvalue weighted by atomic mass is 9.84. The fourth-order valence-corrected chi connectivity index (χ4v) is 5.22. The van der Waals surface area contributed by atoms with Crippen LogP contribution in [0.1, 0.15) is 56.2 Å². The van der Waals surface area contributed by atoms with Crippen molar-refractivity contribution in [3.8, 4) is 0 Å². The average molecular weight is 453 g/mol. The second-order valence-electron chi connectivity index (χ2n) is 8.37. The predicted octanol–water partition coefficient (Wildman–Crippen LogP) is 5.06. The highest BCUT2D eigenvalue weighted by atomic mass is 32.1. The van der Waals surface area contributed by atoms with Crippen molar-refractivity contribution in [2.45, 2.75) is 57.9 Å². The molecular formula is C25H32N4O2S. The van der Waals surface area contributed by atoms with Crippen LogP contribution in [-0.4, -0.2) is 40.6 Å². The molecule has 1 aromatic carbocycles. The first kappa shape index (κ1) is 22.7. The van der Waals surface area contributed by atoms with Crippen molar-refractivity contribution in [1.29, 1.82) is 0 Å². The average Bonchev–Trinajstić information content (AvgIpc) is 3.52. The third-order valence-corrected chi connectivity index (χ3v) is 7.20. The molecule has 0 bridgehead atoms. The molecule has 0 radical (unpaired) electrons. The van der Waals surface area contributed by atoms with E-state index in [4.69, 9.17) is 4.42 Å². The Labute approximate surface area is 194 Å². The molecule has 0 spiro atoms. The largest absolute Gasteiger partial charge is 0.423 e. The van der Waals surface area contributed by atoms with E-state index < -0.39 is 5.54 Å². The summed E-state index contributed by atoms with van der Waals surface area (Å²) in [6, 6.07) is 14.2. The standard InChI is InChI=1S/C25H32N4O2S/c1-3-9-22-26-27-24(31-22)25(29(23(30)4-2)20-10-6-5-7-11-20)14-17-28(18-15-25)16-13-21-12-8-19-32-21/h5-8,10-12,19H,3-4,9,13-18H2,1-2H3. The van der Waals surface area contributed by atoms with Gasteiger partial charge in [0.25, 0.3) is 0 Å². The fourth-order valence-electron chi connectivity index (χ4n) is 4.52. The molecule has 0 unspecified atom stereocenters. The number of carbonyl (C=O) groups is 1. The Morgan fingerprint density at radius 2 is 1.88 bits per heavy atom. The summed E-state index contributed by atoms with van der Waals surface area (Å²) >= 11 is 1.81. The SMILES string of the molecule is CCCc1nnc(C2(N(C(=O)CC)c3ccccc3)CCN(CCc3cccs3)CC2)o1. The number of rotatable bonds is 9. The molecule has 1 aliphatic heterocycles. The van der Waals surface area contributed by atoms with Gasteiger partial charge in [-0.15, -0.1) is 21.5 Å². The Morgan fingerprint density at radius 3 is 2.53 bits per heavy atom. The van der Waals surface area contributed by atoms with Gasteiger partial charge in [-0.1, -0.05) is 38.1 Å². The summed E-state index contributed by atoms with van der Waals surface area (Å²) in [7, 11) is 0. The zero-order valence-corrected chi connectivity index (χ0v) is 19.8. The van der Waals surface area contributed by atoms with Gasteiger partial charge in [0.15, 0.2) is 0 Å². The summed E-state index contributed by atoms with van der Waals surface area (Å²) in [6.45, 7) is 6.81. The van der Waals surface area contributed by atoms with Gasteiger partial charge in [-0.05, 0) is 49.3 Å². The maximum absolute atomic E-state index is 13.3. The highest BCUT2D eigenvalue weighted by Crippen LogP contribution is 2.41. The molecule has 6 nitrogen and oxygen atoms in total. The summed E-state index contributed by atoms with van der Waals surface area (Å²) in [4.78, 5) is 19.1. The number of hydrogen-bond donors (Lipinski definition) is 0. The number of aryl methyl sites for hydroxylation is 1. The van der Waals surface area contributed by atoms with Crippen LogP contribution in [0.3, 0.4) is 0 Å². The van der Waals surface area contributed by atoms with E-state index >= 15 is 0 Å². The van der Waals surface area contributed by atoms with Gasteiger partial charge in [-0.25, -0.2) is 0 Å². The summed E-state index contributed by atoms with van der Waals surface area (Å²) in [5.41, 5.74) is 0.272. The Hall–Kier alpha value is -2.51. The number of benzene rings is 1. The van der Waals surface area contributed by atoms with Crippen LogP contribution in [0.15, 0.2) is 52.3 Å². The highest BCUT2D eigenvalue weighted by molar-refractivity contribution is 7.09. The van der Waals surface area contributed by atoms with Crippen LogP contribution < -0.4 is 4.90 Å². The van der Waals surface area contributed by atoms with E-state index in [1.54, 1.807) is 0 Å². The van der Waals surface area contributed by atoms with Crippen molar-refractivity contribution in [3.63, 3.8) is 0 Å². The van der Waals surface area contributed by atoms with Crippen LogP contribution in [0.25, 0.3) is 0 Å². The Morgan fingerprint density at radius 1 is 1.09 bits per heavy atom. The first-order chi connectivity index (χ1) is 15.7. The minimum absolute atomic E-state index is 0.0819. The number of carbonyl (C=O) groups excluding carboxylic acids is 1. The number of nitrogens with zero attached hydrogens (tertiary/aromatic N) is 4. The van der Waals surface area contributed by atoms with Crippen LogP contribution in [0.5, 0.6) is 0 Å². The molecule has 3 heterocycles. The zero-order chi connectivity index (χ0) is 22.4. The molecule has 3 aromatic rings. The molecule has 0 saturated carbocycles. The number of anilines is 1. The monoisotopic (exact) mass is 452 g/mol. The topological polar surface area (TPSA) is 62.5 Å². The van der Waals surface area contributed by atoms with Crippen molar-refractivity contribution in [1.82, 2.24) is 15.1 Å². The molecule has 0 atom stereocenters. The van der Waals surface area contributed by atoms with Crippen LogP contribution in [-0.2, 0) is 23.2 Å². The maximum Gasteiger partial charge on any atom is 0.242 e. The molecule has 2 aromatic heterocycles. The molecule has 7 heteroatoms. The second-order valence-corrected chi connectivity index (χ2v) is 9.40. The fraction of sp³-hybridized carbons (Fsp3) is 0.480. The Balaban J connectivity index is 1.63. The van der Waals surface area contributed by atoms with Gasteiger partial charge in [-0.2, -0.15) is 0 Å². The minimum atomic E-state index is -0.618. The van der Waals surface area contributed by atoms with Gasteiger partial charge in [-0.3, -0.25) is 9.69 Å². The van der Waals surface area contributed by atoms with Crippen LogP contribution >= 0.6 is 11.3 Å². The molecule has 32 heavy (non-hydrogen) atoms. The first-order valence-corrected chi connectivity index (χ1v) is 12.5. The van der Waals surface area contributed by atoms with E-state index in [0.29, 0.717) is 18.2 Å². The minimum Gasteiger partial charge on any atom is -0.423 e. The molecule has 1 fully saturated rings. The zero-order valence-electron chi connectivity index (χ0n) is 19.0. The molecule has 1 amide bonds. The smallest absolute Gasteiger partial charge is 0.242 e. The number of thiophene rings is 1. The highest BCUT2D eigenvalue weighted by Gasteiger charge is 2.48. The molecule has 4 rings (SSSR count). The van der Waals surface area contributed by atoms with Crippen LogP contribution in [0.2, 0.25) is 0 Å². The maximum atomic E-state index is 13.3. The van der Waals surface area contributed by atoms with Crippen molar-refractivity contribution in [2.75, 3.05) is 24.5 Å². The number of amides is 1. The summed E-state index contributed by atoms with van der Waals surface area (Å²) < 4.78 is 6.19. The third kappa shape index (κ3) is 4.79. The van der Waals surface area contributed by atoms with Crippen molar-refractivity contribution >= 4 is 22.9 Å². The quantitative estimate of drug-likeness (QED) is 0.454. The second kappa shape index (κ2) is 10.4. The van der Waals surface area contributed by atoms with Gasteiger partial charge < -0.3 is 9.32 Å². The lowest BCUT2D eigenvalue weighted by Crippen LogP contribution is -2.56. The Kier molecular flexibility index (Phi) is 7.37. The van der Waals surface area contributed by atoms with Crippen LogP contribution in [0, 0.1) is 0 Å². The summed E-state index contributed by atoms with van der Waals surface area (Å²) in [5.74, 6) is 1.31. The van der Waals surface area contributed by atoms with E-state index in [-0.39, 0.29) is 5.91 Å². The molecule has 1 aliphatic rings. The predicted molar refractivity (Wildman–Crippen MR) is 128 cm³/mol. The van der Waals surface area contributed by atoms with Crippen molar-refractivity contribution in [3.05, 3.63) is 64.5 Å². The van der Waals surface area contributed by atoms with Crippen molar-refractivity contribution < 1.29 is 9.21 Å². The van der Waals surface area contributed by atoms with E-state index in [9.17, 15) is 4.79 Å². The van der Waals surface area contributed by atoms with Gasteiger partial charge >= 0.3 is 0 Å². The van der Waals surface area contributed by atoms with Gasteiger partial charge in [0, 0.05) is 43.0 Å². The number of piperidine rings is 1. The van der Waals surface area contributed by atoms with E-state index in [1.165, 1.54) is 4.88 Å². The molecule has 0 N–H and O–H groups in total. The first-order valence-electron chi connectivity index (χ1n) is 11.6. The number of hydrogen-bond acceptors (Lipinski definition) is 6. The van der Waals surface area contributed by atoms with Crippen molar-refractivity contribution in [2.24, 2.45) is 0 Å². The van der Waals surface area contributed by atoms with E-state index in [0.717, 1.165) is 57.4 Å². The summed E-state index contributed by atoms with van der Waals surface area (Å²) in [5, 5.41) is 10.9. The molecule has 1 saturated heterocycles. The Bertz CT molecular complexity index is 979. The lowest BCUT2D eigenvalue weighted by molar-refractivity contribution is -0.120. The van der Waals surface area contributed by atoms with Gasteiger partial charge in [0.2, 0.25) is 17.7 Å². The van der Waals surface area contributed by atoms with E-state index in [2.05, 4.69) is 39.5 Å². The number of likely N-dealkylation sites (tertiary alicyclic amines) is 1. The third-order valence-electron chi connectivity index (χ3n) is 6.26. The normalized spacial score (nSPS) is 16.2. The van der Waals surface area contributed by atoms with E-state index in [1.807, 2.05) is 53.5 Å². The molecule has 170 valence electrons. The van der Waals surface area contributed by atoms with Gasteiger partial charge in [0.1, 0.15) is 5.54 Å². The summed E-state index contributed by atoms with van der Waals surface area (Å²) in [6.07, 6.45) is 4.72. The van der Waals surface area contributed by atoms with Crippen LogP contribution in [0.4, 0.5) is 5.69 Å². The van der Waals surface area contributed by atoms with Gasteiger partial charge in [0.05, 0.1) is 0 Å². The molecule has 0 aliphatic carbocycles. The number of aromatic nitrogens is 2. The lowest BCUT2D eigenvalue weighted by Gasteiger charge is -2.46. The molecular weight excluding hydrogens is 420 g/mol. The number of para-hydroxylation sites is 1.